The van der Waals surface area contributed by atoms with Crippen molar-refractivity contribution in [3.8, 4) is 0 Å². The zero-order chi connectivity index (χ0) is 21.2. The summed E-state index contributed by atoms with van der Waals surface area (Å²) in [5.41, 5.74) is 0.366. The molecule has 160 valence electrons. The van der Waals surface area contributed by atoms with E-state index in [1.54, 1.807) is 0 Å². The number of allylic oxidation sites excluding steroid dienone is 3. The molecule has 7 atom stereocenters. The third kappa shape index (κ3) is 2.92. The van der Waals surface area contributed by atoms with Gasteiger partial charge in [0.15, 0.2) is 0 Å². The molecule has 0 radical (unpaired) electrons. The van der Waals surface area contributed by atoms with E-state index in [4.69, 9.17) is 4.74 Å². The molecule has 0 aromatic carbocycles. The van der Waals surface area contributed by atoms with Gasteiger partial charge in [-0.25, -0.2) is 4.79 Å². The van der Waals surface area contributed by atoms with Crippen LogP contribution in [-0.4, -0.2) is 23.1 Å². The Morgan fingerprint density at radius 3 is 2.34 bits per heavy atom. The largest absolute Gasteiger partial charge is 0.481 e. The topological polar surface area (TPSA) is 63.6 Å². The number of rotatable bonds is 3. The molecule has 4 rings (SSSR count). The number of ether oxygens (including phenoxy) is 1. The second-order valence-electron chi connectivity index (χ2n) is 11.4. The smallest absolute Gasteiger partial charge is 0.330 e. The maximum absolute atomic E-state index is 12.6. The average Bonchev–Trinajstić information content (AvgIpc) is 2.86. The van der Waals surface area contributed by atoms with Crippen LogP contribution in [-0.2, 0) is 14.3 Å². The number of fused-ring (bicyclic) bond motifs is 3. The van der Waals surface area contributed by atoms with E-state index in [-0.39, 0.29) is 16.7 Å². The molecular weight excluding hydrogens is 364 g/mol. The minimum atomic E-state index is -1.04. The van der Waals surface area contributed by atoms with Crippen molar-refractivity contribution in [1.29, 1.82) is 0 Å². The first-order chi connectivity index (χ1) is 13.5. The normalized spacial score (nSPS) is 47.7. The maximum Gasteiger partial charge on any atom is 0.330 e. The van der Waals surface area contributed by atoms with Crippen molar-refractivity contribution < 1.29 is 19.4 Å². The number of hydrogen-bond donors (Lipinski definition) is 1. The molecule has 0 aliphatic heterocycles. The maximum atomic E-state index is 12.6. The molecule has 3 fully saturated rings. The Hall–Kier alpha value is -1.58. The Morgan fingerprint density at radius 2 is 1.69 bits per heavy atom. The van der Waals surface area contributed by atoms with Crippen LogP contribution in [0.5, 0.6) is 0 Å². The lowest BCUT2D eigenvalue weighted by molar-refractivity contribution is -0.210. The molecular formula is C25H36O4. The van der Waals surface area contributed by atoms with Crippen LogP contribution in [0.15, 0.2) is 23.8 Å². The molecule has 0 unspecified atom stereocenters. The molecule has 0 amide bonds. The molecule has 0 heterocycles. The number of carbonyl (C=O) groups excluding carboxylic acids is 1. The summed E-state index contributed by atoms with van der Waals surface area (Å²) < 4.78 is 5.77. The zero-order valence-electron chi connectivity index (χ0n) is 18.6. The van der Waals surface area contributed by atoms with E-state index < -0.39 is 23.5 Å². The highest BCUT2D eigenvalue weighted by molar-refractivity contribution is 5.84. The molecule has 4 nitrogen and oxygen atoms in total. The molecule has 3 saturated carbocycles. The number of carbonyl (C=O) groups is 2. The predicted octanol–water partition coefficient (Wildman–Crippen LogP) is 5.53. The standard InChI is InChI=1S/C25H36O4/c1-16(2)14-20(26)29-19-8-10-23(4)17(24(19,5)21(27)28)7-11-25-13-12-22(3,15-25)9-6-18(23)25/h12-14,17-19H,6-11,15H2,1-5H3,(H,27,28)/t17-,18-,19+,22+,23+,24+,25-/m0/s1. The van der Waals surface area contributed by atoms with Gasteiger partial charge in [-0.1, -0.05) is 31.6 Å². The van der Waals surface area contributed by atoms with E-state index in [1.807, 2.05) is 20.8 Å². The lowest BCUT2D eigenvalue weighted by Gasteiger charge is -2.64. The van der Waals surface area contributed by atoms with Gasteiger partial charge in [0.25, 0.3) is 0 Å². The van der Waals surface area contributed by atoms with Crippen molar-refractivity contribution in [3.63, 3.8) is 0 Å². The molecule has 0 aromatic rings. The van der Waals surface area contributed by atoms with E-state index in [0.29, 0.717) is 17.8 Å². The summed E-state index contributed by atoms with van der Waals surface area (Å²) in [7, 11) is 0. The molecule has 1 N–H and O–H groups in total. The second-order valence-corrected chi connectivity index (χ2v) is 11.4. The van der Waals surface area contributed by atoms with E-state index in [0.717, 1.165) is 24.8 Å². The number of aliphatic carboxylic acids is 1. The first kappa shape index (κ1) is 20.7. The highest BCUT2D eigenvalue weighted by atomic mass is 16.5. The summed E-state index contributed by atoms with van der Waals surface area (Å²) >= 11 is 0. The highest BCUT2D eigenvalue weighted by Crippen LogP contribution is 2.71. The molecule has 29 heavy (non-hydrogen) atoms. The fourth-order valence-corrected chi connectivity index (χ4v) is 7.91. The van der Waals surface area contributed by atoms with Gasteiger partial charge in [0.2, 0.25) is 0 Å². The quantitative estimate of drug-likeness (QED) is 0.384. The van der Waals surface area contributed by atoms with Crippen LogP contribution < -0.4 is 0 Å². The Kier molecular flexibility index (Phi) is 4.61. The summed E-state index contributed by atoms with van der Waals surface area (Å²) in [5.74, 6) is -0.680. The van der Waals surface area contributed by atoms with Gasteiger partial charge in [0, 0.05) is 6.08 Å². The first-order valence-corrected chi connectivity index (χ1v) is 11.2. The number of esters is 1. The monoisotopic (exact) mass is 400 g/mol. The lowest BCUT2D eigenvalue weighted by atomic mass is 9.40. The molecule has 0 aromatic heterocycles. The summed E-state index contributed by atoms with van der Waals surface area (Å²) in [6, 6.07) is 0. The fraction of sp³-hybridized carbons (Fsp3) is 0.760. The van der Waals surface area contributed by atoms with E-state index in [9.17, 15) is 14.7 Å². The van der Waals surface area contributed by atoms with Crippen LogP contribution in [0.3, 0.4) is 0 Å². The van der Waals surface area contributed by atoms with Crippen LogP contribution in [0.4, 0.5) is 0 Å². The van der Waals surface area contributed by atoms with Gasteiger partial charge >= 0.3 is 11.9 Å². The zero-order valence-corrected chi connectivity index (χ0v) is 18.6. The molecule has 1 spiro atoms. The minimum absolute atomic E-state index is 0.0270. The van der Waals surface area contributed by atoms with Crippen molar-refractivity contribution in [2.75, 3.05) is 0 Å². The van der Waals surface area contributed by atoms with Crippen molar-refractivity contribution >= 4 is 11.9 Å². The first-order valence-electron chi connectivity index (χ1n) is 11.2. The van der Waals surface area contributed by atoms with E-state index in [1.165, 1.54) is 25.3 Å². The van der Waals surface area contributed by atoms with Gasteiger partial charge in [-0.05, 0) is 93.8 Å². The van der Waals surface area contributed by atoms with Crippen molar-refractivity contribution in [3.05, 3.63) is 23.8 Å². The minimum Gasteiger partial charge on any atom is -0.481 e. The van der Waals surface area contributed by atoms with Gasteiger partial charge in [0.1, 0.15) is 11.5 Å². The SMILES string of the molecule is CC(C)=CC(=O)O[C@@H]1CC[C@@]2(C)[C@@H]3CC[C@]4(C)C=C[C@@]3(CC[C@@H]2[C@@]1(C)C(=O)O)C4. The van der Waals surface area contributed by atoms with Gasteiger partial charge < -0.3 is 9.84 Å². The lowest BCUT2D eigenvalue weighted by Crippen LogP contribution is -2.63. The third-order valence-electron chi connectivity index (χ3n) is 9.20. The molecule has 4 aliphatic rings. The fourth-order valence-electron chi connectivity index (χ4n) is 7.91. The molecule has 2 bridgehead atoms. The summed E-state index contributed by atoms with van der Waals surface area (Å²) in [6.45, 7) is 10.3. The Bertz CT molecular complexity index is 793. The average molecular weight is 401 g/mol. The molecule has 0 saturated heterocycles. The van der Waals surface area contributed by atoms with Crippen LogP contribution in [0, 0.1) is 33.5 Å². The number of carboxylic acid groups (broad SMARTS) is 1. The van der Waals surface area contributed by atoms with Gasteiger partial charge in [0.05, 0.1) is 0 Å². The Labute approximate surface area is 174 Å². The molecule has 4 aliphatic carbocycles. The van der Waals surface area contributed by atoms with Gasteiger partial charge in [-0.2, -0.15) is 0 Å². The van der Waals surface area contributed by atoms with Crippen molar-refractivity contribution in [1.82, 2.24) is 0 Å². The van der Waals surface area contributed by atoms with E-state index in [2.05, 4.69) is 26.0 Å². The van der Waals surface area contributed by atoms with Crippen molar-refractivity contribution in [2.45, 2.75) is 85.7 Å². The van der Waals surface area contributed by atoms with Crippen LogP contribution in [0.2, 0.25) is 0 Å². The second kappa shape index (κ2) is 6.46. The molecule has 4 heteroatoms. The van der Waals surface area contributed by atoms with Crippen LogP contribution in [0.25, 0.3) is 0 Å². The van der Waals surface area contributed by atoms with Crippen LogP contribution in [0.1, 0.15) is 79.6 Å². The number of hydrogen-bond acceptors (Lipinski definition) is 3. The highest BCUT2D eigenvalue weighted by Gasteiger charge is 2.67. The van der Waals surface area contributed by atoms with Gasteiger partial charge in [-0.3, -0.25) is 4.79 Å². The summed E-state index contributed by atoms with van der Waals surface area (Å²) in [6.07, 6.45) is 12.9. The summed E-state index contributed by atoms with van der Waals surface area (Å²) in [4.78, 5) is 25.0. The Morgan fingerprint density at radius 1 is 1.00 bits per heavy atom. The van der Waals surface area contributed by atoms with Crippen LogP contribution >= 0.6 is 0 Å². The Balaban J connectivity index is 1.68. The van der Waals surface area contributed by atoms with Gasteiger partial charge in [-0.15, -0.1) is 0 Å². The van der Waals surface area contributed by atoms with E-state index >= 15 is 0 Å². The third-order valence-corrected chi connectivity index (χ3v) is 9.20. The summed E-state index contributed by atoms with van der Waals surface area (Å²) in [5, 5.41) is 10.4. The predicted molar refractivity (Wildman–Crippen MR) is 112 cm³/mol. The number of carboxylic acids is 1. The van der Waals surface area contributed by atoms with Crippen molar-refractivity contribution in [2.24, 2.45) is 33.5 Å².